The minimum Gasteiger partial charge on any atom is -0.507 e. The van der Waals surface area contributed by atoms with E-state index in [2.05, 4.69) is 21.3 Å². The summed E-state index contributed by atoms with van der Waals surface area (Å²) in [5.74, 6) is -4.48. The van der Waals surface area contributed by atoms with Gasteiger partial charge in [-0.2, -0.15) is 16.8 Å². The van der Waals surface area contributed by atoms with Crippen molar-refractivity contribution in [3.05, 3.63) is 119 Å². The molecule has 0 aliphatic rings. The average Bonchev–Trinajstić information content (AvgIpc) is 3.12. The highest BCUT2D eigenvalue weighted by atomic mass is 32.2. The Morgan fingerprint density at radius 1 is 0.482 bits per heavy atom. The number of amides is 4. The first kappa shape index (κ1) is 38.9. The Morgan fingerprint density at radius 3 is 1.21 bits per heavy atom. The number of aromatic hydroxyl groups is 2. The second-order valence-corrected chi connectivity index (χ2v) is 15.2. The van der Waals surface area contributed by atoms with E-state index < -0.39 is 53.7 Å². The van der Waals surface area contributed by atoms with Gasteiger partial charge in [-0.25, -0.2) is 0 Å². The number of carbonyl (C=O) groups excluding carboxylic acids is 4. The summed E-state index contributed by atoms with van der Waals surface area (Å²) < 4.78 is 68.4. The van der Waals surface area contributed by atoms with E-state index in [-0.39, 0.29) is 66.9 Å². The van der Waals surface area contributed by atoms with Crippen molar-refractivity contribution in [1.29, 1.82) is 0 Å². The van der Waals surface area contributed by atoms with E-state index in [1.54, 1.807) is 13.8 Å². The third-order valence-electron chi connectivity index (χ3n) is 8.72. The highest BCUT2D eigenvalue weighted by Crippen LogP contribution is 2.37. The van der Waals surface area contributed by atoms with Crippen molar-refractivity contribution >= 4 is 88.2 Å². The zero-order valence-electron chi connectivity index (χ0n) is 29.1. The predicted octanol–water partition coefficient (Wildman–Crippen LogP) is 5.60. The number of phenols is 2. The topological polar surface area (TPSA) is 266 Å². The fourth-order valence-electron chi connectivity index (χ4n) is 5.96. The Morgan fingerprint density at radius 2 is 0.857 bits per heavy atom. The van der Waals surface area contributed by atoms with E-state index in [9.17, 15) is 55.3 Å². The van der Waals surface area contributed by atoms with Gasteiger partial charge in [0.25, 0.3) is 32.1 Å². The molecule has 18 heteroatoms. The van der Waals surface area contributed by atoms with Gasteiger partial charge in [-0.3, -0.25) is 28.3 Å². The fraction of sp³-hybridized carbons (Fsp3) is 0.0526. The molecule has 4 amide bonds. The van der Waals surface area contributed by atoms with Crippen molar-refractivity contribution < 1.29 is 55.3 Å². The number of aryl methyl sites for hydroxylation is 2. The van der Waals surface area contributed by atoms with E-state index >= 15 is 0 Å². The van der Waals surface area contributed by atoms with Crippen LogP contribution in [0.3, 0.4) is 0 Å². The Labute approximate surface area is 318 Å². The second-order valence-electron chi connectivity index (χ2n) is 12.4. The molecule has 0 bridgehead atoms. The van der Waals surface area contributed by atoms with Crippen molar-refractivity contribution in [3.8, 4) is 11.5 Å². The Balaban J connectivity index is 1.21. The van der Waals surface area contributed by atoms with E-state index in [4.69, 9.17) is 0 Å². The van der Waals surface area contributed by atoms with E-state index in [1.165, 1.54) is 84.9 Å². The molecule has 286 valence electrons. The van der Waals surface area contributed by atoms with Gasteiger partial charge in [0.1, 0.15) is 21.3 Å². The van der Waals surface area contributed by atoms with Crippen LogP contribution in [0.25, 0.3) is 21.5 Å². The predicted molar refractivity (Wildman–Crippen MR) is 206 cm³/mol. The maximum atomic E-state index is 13.5. The molecule has 0 radical (unpaired) electrons. The highest BCUT2D eigenvalue weighted by molar-refractivity contribution is 7.86. The van der Waals surface area contributed by atoms with Crippen LogP contribution in [0.5, 0.6) is 11.5 Å². The molecule has 0 spiro atoms. The summed E-state index contributed by atoms with van der Waals surface area (Å²) >= 11 is 0. The van der Waals surface area contributed by atoms with Crippen molar-refractivity contribution in [1.82, 2.24) is 0 Å². The van der Waals surface area contributed by atoms with Gasteiger partial charge in [0.15, 0.2) is 0 Å². The van der Waals surface area contributed by atoms with Crippen LogP contribution in [-0.2, 0) is 29.8 Å². The first-order valence-corrected chi connectivity index (χ1v) is 19.1. The number of hydrogen-bond donors (Lipinski definition) is 8. The lowest BCUT2D eigenvalue weighted by Gasteiger charge is -2.15. The molecular weight excluding hydrogens is 769 g/mol. The summed E-state index contributed by atoms with van der Waals surface area (Å²) in [6, 6.07) is 21.2. The van der Waals surface area contributed by atoms with Gasteiger partial charge >= 0.3 is 11.8 Å². The van der Waals surface area contributed by atoms with Gasteiger partial charge in [-0.15, -0.1) is 0 Å². The minimum atomic E-state index is -4.84. The van der Waals surface area contributed by atoms with Crippen LogP contribution in [0.2, 0.25) is 0 Å². The number of benzene rings is 6. The van der Waals surface area contributed by atoms with Crippen molar-refractivity contribution in [2.45, 2.75) is 23.6 Å². The van der Waals surface area contributed by atoms with Gasteiger partial charge in [0, 0.05) is 44.0 Å². The second kappa shape index (κ2) is 14.8. The van der Waals surface area contributed by atoms with Crippen molar-refractivity contribution in [2.24, 2.45) is 0 Å². The van der Waals surface area contributed by atoms with E-state index in [0.717, 1.165) is 12.1 Å². The van der Waals surface area contributed by atoms with E-state index in [1.807, 2.05) is 0 Å². The molecule has 0 aliphatic carbocycles. The number of anilines is 4. The van der Waals surface area contributed by atoms with E-state index in [0.29, 0.717) is 11.1 Å². The number of nitrogens with one attached hydrogen (secondary N) is 4. The molecule has 0 heterocycles. The standard InChI is InChI=1S/C38H30N4O12S2/c1-19-9-11-21(17-27(19)35(45)41-33-25-5-3-7-29(43)23(25)13-15-31(33)55(49,50)51)39-37(47)38(48)40-22-12-10-20(2)28(18-22)36(46)42-34-26-6-4-8-30(44)24(26)14-16-32(34)56(52,53)54/h3-18,43-44H,1-2H3,(H,39,47)(H,40,48)(H,41,45)(H,42,46)(H,49,50,51)(H,52,53,54). The summed E-state index contributed by atoms with van der Waals surface area (Å²) in [7, 11) is -9.67. The SMILES string of the molecule is Cc1ccc(NC(=O)C(=O)Nc2ccc(C)c(C(=O)Nc3c(S(=O)(=O)O)ccc4c(O)cccc34)c2)cc1C(=O)Nc1c(S(=O)(=O)O)ccc2c(O)cccc12. The fourth-order valence-corrected chi connectivity index (χ4v) is 7.27. The average molecular weight is 799 g/mol. The number of hydrogen-bond acceptors (Lipinski definition) is 10. The van der Waals surface area contributed by atoms with Crippen molar-refractivity contribution in [2.75, 3.05) is 21.3 Å². The number of fused-ring (bicyclic) bond motifs is 2. The molecule has 0 fully saturated rings. The third kappa shape index (κ3) is 7.84. The lowest BCUT2D eigenvalue weighted by molar-refractivity contribution is -0.132. The summed E-state index contributed by atoms with van der Waals surface area (Å²) in [6.07, 6.45) is 0. The molecule has 6 aromatic carbocycles. The lowest BCUT2D eigenvalue weighted by Crippen LogP contribution is -2.29. The summed E-state index contributed by atoms with van der Waals surface area (Å²) in [5, 5.41) is 30.8. The van der Waals surface area contributed by atoms with Crippen LogP contribution in [0, 0.1) is 13.8 Å². The maximum Gasteiger partial charge on any atom is 0.314 e. The molecule has 8 N–H and O–H groups in total. The zero-order valence-corrected chi connectivity index (χ0v) is 30.7. The monoisotopic (exact) mass is 798 g/mol. The molecule has 0 atom stereocenters. The molecule has 6 aromatic rings. The molecular formula is C38H30N4O12S2. The van der Waals surface area contributed by atoms with Crippen LogP contribution in [0.15, 0.2) is 107 Å². The number of rotatable bonds is 8. The molecule has 0 unspecified atom stereocenters. The van der Waals surface area contributed by atoms with Crippen LogP contribution >= 0.6 is 0 Å². The van der Waals surface area contributed by atoms with Gasteiger partial charge < -0.3 is 31.5 Å². The number of carbonyl (C=O) groups is 4. The first-order chi connectivity index (χ1) is 26.3. The molecule has 0 aromatic heterocycles. The normalized spacial score (nSPS) is 11.6. The number of phenolic OH excluding ortho intramolecular Hbond substituents is 2. The smallest absolute Gasteiger partial charge is 0.314 e. The van der Waals surface area contributed by atoms with Gasteiger partial charge in [-0.1, -0.05) is 36.4 Å². The quantitative estimate of drug-likeness (QED) is 0.0691. The lowest BCUT2D eigenvalue weighted by atomic mass is 10.0. The molecule has 56 heavy (non-hydrogen) atoms. The highest BCUT2D eigenvalue weighted by Gasteiger charge is 2.25. The summed E-state index contributed by atoms with van der Waals surface area (Å²) in [4.78, 5) is 51.7. The maximum absolute atomic E-state index is 13.5. The van der Waals surface area contributed by atoms with Crippen LogP contribution in [-0.4, -0.2) is 59.8 Å². The Hall–Kier alpha value is -6.86. The van der Waals surface area contributed by atoms with Gasteiger partial charge in [0.05, 0.1) is 11.4 Å². The summed E-state index contributed by atoms with van der Waals surface area (Å²) in [5.41, 5.74) is 0.0501. The third-order valence-corrected chi connectivity index (χ3v) is 10.5. The van der Waals surface area contributed by atoms with Crippen molar-refractivity contribution in [3.63, 3.8) is 0 Å². The van der Waals surface area contributed by atoms with Gasteiger partial charge in [-0.05, 0) is 85.6 Å². The van der Waals surface area contributed by atoms with Gasteiger partial charge in [0.2, 0.25) is 0 Å². The summed E-state index contributed by atoms with van der Waals surface area (Å²) in [6.45, 7) is 3.12. The Bertz CT molecular complexity index is 2700. The zero-order chi connectivity index (χ0) is 40.7. The molecule has 0 saturated heterocycles. The molecule has 0 aliphatic heterocycles. The van der Waals surface area contributed by atoms with Crippen LogP contribution < -0.4 is 21.3 Å². The molecule has 16 nitrogen and oxygen atoms in total. The first-order valence-electron chi connectivity index (χ1n) is 16.2. The van der Waals surface area contributed by atoms with Crippen LogP contribution in [0.4, 0.5) is 22.7 Å². The van der Waals surface area contributed by atoms with Crippen LogP contribution in [0.1, 0.15) is 31.8 Å². The Kier molecular flexibility index (Phi) is 10.2. The molecule has 6 rings (SSSR count). The largest absolute Gasteiger partial charge is 0.507 e. The molecule has 0 saturated carbocycles. The minimum absolute atomic E-state index is 0.00814.